The third-order valence-corrected chi connectivity index (χ3v) is 4.10. The topological polar surface area (TPSA) is 46.2 Å². The van der Waals surface area contributed by atoms with Gasteiger partial charge >= 0.3 is 0 Å². The van der Waals surface area contributed by atoms with E-state index in [1.54, 1.807) is 12.1 Å². The zero-order valence-corrected chi connectivity index (χ0v) is 12.2. The molecule has 1 unspecified atom stereocenters. The molecule has 1 N–H and O–H groups in total. The zero-order chi connectivity index (χ0) is 15.1. The largest absolute Gasteiger partial charge is 0.351 e. The van der Waals surface area contributed by atoms with Gasteiger partial charge in [0.1, 0.15) is 11.6 Å². The van der Waals surface area contributed by atoms with E-state index in [1.807, 2.05) is 30.3 Å². The van der Waals surface area contributed by atoms with E-state index in [0.717, 1.165) is 11.1 Å². The molecule has 0 fully saturated rings. The van der Waals surface area contributed by atoms with Crippen LogP contribution in [0, 0.1) is 5.82 Å². The predicted octanol–water partition coefficient (Wildman–Crippen LogP) is 2.39. The quantitative estimate of drug-likeness (QED) is 0.891. The minimum atomic E-state index is -1.30. The SMILES string of the molecule is O=C(CS(=O)Cc1ccc(F)cc1)NCc1ccccc1. The molecule has 3 nitrogen and oxygen atoms in total. The monoisotopic (exact) mass is 305 g/mol. The van der Waals surface area contributed by atoms with E-state index in [-0.39, 0.29) is 23.2 Å². The van der Waals surface area contributed by atoms with Crippen molar-refractivity contribution in [3.8, 4) is 0 Å². The van der Waals surface area contributed by atoms with E-state index in [0.29, 0.717) is 6.54 Å². The number of carbonyl (C=O) groups is 1. The molecule has 1 amide bonds. The third-order valence-electron chi connectivity index (χ3n) is 2.87. The first-order chi connectivity index (χ1) is 10.1. The molecule has 110 valence electrons. The number of carbonyl (C=O) groups excluding carboxylic acids is 1. The van der Waals surface area contributed by atoms with Crippen LogP contribution < -0.4 is 5.32 Å². The summed E-state index contributed by atoms with van der Waals surface area (Å²) in [5.74, 6) is -0.382. The second-order valence-corrected chi connectivity index (χ2v) is 6.07. The van der Waals surface area contributed by atoms with Crippen LogP contribution in [-0.2, 0) is 27.9 Å². The normalized spacial score (nSPS) is 11.9. The van der Waals surface area contributed by atoms with Crippen molar-refractivity contribution < 1.29 is 13.4 Å². The number of halogens is 1. The Morgan fingerprint density at radius 1 is 1.00 bits per heavy atom. The van der Waals surface area contributed by atoms with E-state index in [9.17, 15) is 13.4 Å². The Morgan fingerprint density at radius 3 is 2.33 bits per heavy atom. The Kier molecular flexibility index (Phi) is 5.63. The Bertz CT molecular complexity index is 614. The summed E-state index contributed by atoms with van der Waals surface area (Å²) in [4.78, 5) is 11.7. The van der Waals surface area contributed by atoms with Crippen molar-refractivity contribution in [2.45, 2.75) is 12.3 Å². The number of nitrogens with one attached hydrogen (secondary N) is 1. The minimum absolute atomic E-state index is 0.0514. The van der Waals surface area contributed by atoms with Crippen molar-refractivity contribution >= 4 is 16.7 Å². The van der Waals surface area contributed by atoms with Crippen LogP contribution in [0.1, 0.15) is 11.1 Å². The molecule has 1 atom stereocenters. The highest BCUT2D eigenvalue weighted by Crippen LogP contribution is 2.06. The molecule has 0 radical (unpaired) electrons. The van der Waals surface area contributed by atoms with Gasteiger partial charge in [-0.2, -0.15) is 0 Å². The molecule has 0 aliphatic carbocycles. The van der Waals surface area contributed by atoms with Crippen molar-refractivity contribution in [1.29, 1.82) is 0 Å². The molecule has 0 aliphatic heterocycles. The summed E-state index contributed by atoms with van der Waals surface area (Å²) in [6.45, 7) is 0.424. The lowest BCUT2D eigenvalue weighted by Crippen LogP contribution is -2.28. The van der Waals surface area contributed by atoms with Crippen LogP contribution in [0.5, 0.6) is 0 Å². The summed E-state index contributed by atoms with van der Waals surface area (Å²) in [5.41, 5.74) is 1.75. The molecular weight excluding hydrogens is 289 g/mol. The fourth-order valence-electron chi connectivity index (χ4n) is 1.81. The lowest BCUT2D eigenvalue weighted by Gasteiger charge is -2.06. The van der Waals surface area contributed by atoms with Crippen LogP contribution >= 0.6 is 0 Å². The van der Waals surface area contributed by atoms with Crippen LogP contribution in [0.4, 0.5) is 4.39 Å². The maximum Gasteiger partial charge on any atom is 0.232 e. The molecule has 0 saturated heterocycles. The summed E-state index contributed by atoms with van der Waals surface area (Å²) in [6.07, 6.45) is 0. The van der Waals surface area contributed by atoms with Crippen molar-refractivity contribution in [3.63, 3.8) is 0 Å². The highest BCUT2D eigenvalue weighted by molar-refractivity contribution is 7.84. The molecule has 2 aromatic carbocycles. The van der Waals surface area contributed by atoms with Crippen LogP contribution in [0.15, 0.2) is 54.6 Å². The molecule has 5 heteroatoms. The van der Waals surface area contributed by atoms with Gasteiger partial charge in [-0.25, -0.2) is 4.39 Å². The second-order valence-electron chi connectivity index (χ2n) is 4.62. The number of hydrogen-bond donors (Lipinski definition) is 1. The van der Waals surface area contributed by atoms with Gasteiger partial charge in [0.05, 0.1) is 0 Å². The average Bonchev–Trinajstić information content (AvgIpc) is 2.48. The Labute approximate surface area is 125 Å². The van der Waals surface area contributed by atoms with Gasteiger partial charge in [0.15, 0.2) is 0 Å². The maximum atomic E-state index is 12.8. The summed E-state index contributed by atoms with van der Waals surface area (Å²) >= 11 is 0. The van der Waals surface area contributed by atoms with Gasteiger partial charge < -0.3 is 5.32 Å². The first-order valence-electron chi connectivity index (χ1n) is 6.53. The van der Waals surface area contributed by atoms with E-state index >= 15 is 0 Å². The zero-order valence-electron chi connectivity index (χ0n) is 11.4. The van der Waals surface area contributed by atoms with Crippen molar-refractivity contribution in [2.24, 2.45) is 0 Å². The first-order valence-corrected chi connectivity index (χ1v) is 8.02. The van der Waals surface area contributed by atoms with E-state index in [4.69, 9.17) is 0 Å². The Morgan fingerprint density at radius 2 is 1.67 bits per heavy atom. The molecule has 0 saturated carbocycles. The fraction of sp³-hybridized carbons (Fsp3) is 0.188. The molecule has 21 heavy (non-hydrogen) atoms. The van der Waals surface area contributed by atoms with Gasteiger partial charge in [-0.15, -0.1) is 0 Å². The fourth-order valence-corrected chi connectivity index (χ4v) is 2.87. The molecule has 0 spiro atoms. The van der Waals surface area contributed by atoms with Crippen LogP contribution in [0.3, 0.4) is 0 Å². The third kappa shape index (κ3) is 5.47. The lowest BCUT2D eigenvalue weighted by atomic mass is 10.2. The predicted molar refractivity (Wildman–Crippen MR) is 81.4 cm³/mol. The Balaban J connectivity index is 1.77. The van der Waals surface area contributed by atoms with Crippen LogP contribution in [-0.4, -0.2) is 15.9 Å². The van der Waals surface area contributed by atoms with Crippen molar-refractivity contribution in [3.05, 3.63) is 71.5 Å². The van der Waals surface area contributed by atoms with E-state index < -0.39 is 10.8 Å². The second kappa shape index (κ2) is 7.69. The van der Waals surface area contributed by atoms with Crippen molar-refractivity contribution in [2.75, 3.05) is 5.75 Å². The van der Waals surface area contributed by atoms with Crippen LogP contribution in [0.25, 0.3) is 0 Å². The molecule has 0 aromatic heterocycles. The molecule has 0 aliphatic rings. The van der Waals surface area contributed by atoms with Gasteiger partial charge in [-0.05, 0) is 23.3 Å². The lowest BCUT2D eigenvalue weighted by molar-refractivity contribution is -0.118. The smallest absolute Gasteiger partial charge is 0.232 e. The van der Waals surface area contributed by atoms with E-state index in [2.05, 4.69) is 5.32 Å². The van der Waals surface area contributed by atoms with Crippen LogP contribution in [0.2, 0.25) is 0 Å². The standard InChI is InChI=1S/C16H16FNO2S/c17-15-8-6-14(7-9-15)11-21(20)12-16(19)18-10-13-4-2-1-3-5-13/h1-9H,10-12H2,(H,18,19). The molecule has 0 bridgehead atoms. The number of rotatable bonds is 6. The van der Waals surface area contributed by atoms with Crippen molar-refractivity contribution in [1.82, 2.24) is 5.32 Å². The summed E-state index contributed by atoms with van der Waals surface area (Å²) in [5, 5.41) is 2.73. The molecule has 2 aromatic rings. The highest BCUT2D eigenvalue weighted by Gasteiger charge is 2.08. The maximum absolute atomic E-state index is 12.8. The number of benzene rings is 2. The minimum Gasteiger partial charge on any atom is -0.351 e. The van der Waals surface area contributed by atoms with Gasteiger partial charge in [-0.3, -0.25) is 9.00 Å². The van der Waals surface area contributed by atoms with Gasteiger partial charge in [-0.1, -0.05) is 42.5 Å². The number of amides is 1. The molecule has 2 rings (SSSR count). The molecular formula is C16H16FNO2S. The van der Waals surface area contributed by atoms with Gasteiger partial charge in [0.25, 0.3) is 0 Å². The van der Waals surface area contributed by atoms with Gasteiger partial charge in [0, 0.05) is 23.1 Å². The van der Waals surface area contributed by atoms with Gasteiger partial charge in [0.2, 0.25) is 5.91 Å². The highest BCUT2D eigenvalue weighted by atomic mass is 32.2. The Hall–Kier alpha value is -2.01. The number of hydrogen-bond acceptors (Lipinski definition) is 2. The summed E-state index contributed by atoms with van der Waals surface area (Å²) < 4.78 is 24.6. The molecule has 0 heterocycles. The van der Waals surface area contributed by atoms with E-state index in [1.165, 1.54) is 12.1 Å². The summed E-state index contributed by atoms with van der Waals surface area (Å²) in [7, 11) is -1.30. The first kappa shape index (κ1) is 15.4. The summed E-state index contributed by atoms with van der Waals surface area (Å²) in [6, 6.07) is 15.3. The average molecular weight is 305 g/mol.